The van der Waals surface area contributed by atoms with Crippen LogP contribution >= 0.6 is 0 Å². The van der Waals surface area contributed by atoms with Crippen molar-refractivity contribution < 1.29 is 14.9 Å². The maximum Gasteiger partial charge on any atom is 0.118 e. The summed E-state index contributed by atoms with van der Waals surface area (Å²) in [5.41, 5.74) is 3.05. The fourth-order valence-corrected chi connectivity index (χ4v) is 4.00. The van der Waals surface area contributed by atoms with Gasteiger partial charge in [-0.05, 0) is 45.2 Å². The molecule has 2 aliphatic rings. The highest BCUT2D eigenvalue weighted by Gasteiger charge is 2.54. The Bertz CT molecular complexity index is 931. The first-order chi connectivity index (χ1) is 10.7. The van der Waals surface area contributed by atoms with Gasteiger partial charge in [-0.1, -0.05) is 42.5 Å². The molecule has 0 saturated carbocycles. The third kappa shape index (κ3) is 1.46. The molecule has 0 spiro atoms. The zero-order valence-corrected chi connectivity index (χ0v) is 12.2. The number of rotatable bonds is 0. The van der Waals surface area contributed by atoms with Gasteiger partial charge in [0.05, 0.1) is 0 Å². The molecule has 1 saturated heterocycles. The SMILES string of the molecule is Cc1cc2ccccc2c2ccc3c(c12)C1OC1C(O)C3O. The molecule has 3 aromatic carbocycles. The van der Waals surface area contributed by atoms with Crippen LogP contribution in [-0.2, 0) is 4.74 Å². The standard InChI is InChI=1S/C19H16O3/c1-9-8-10-4-2-3-5-11(10)12-6-7-13-15(14(9)12)18-19(22-18)17(21)16(13)20/h2-8,16-21H,1H3. The molecule has 2 N–H and O–H groups in total. The van der Waals surface area contributed by atoms with Crippen LogP contribution in [0.25, 0.3) is 21.5 Å². The Morgan fingerprint density at radius 2 is 1.82 bits per heavy atom. The second-order valence-electron chi connectivity index (χ2n) is 6.36. The van der Waals surface area contributed by atoms with Crippen LogP contribution in [0.2, 0.25) is 0 Å². The van der Waals surface area contributed by atoms with Crippen molar-refractivity contribution in [1.82, 2.24) is 0 Å². The molecule has 22 heavy (non-hydrogen) atoms. The summed E-state index contributed by atoms with van der Waals surface area (Å²) in [7, 11) is 0. The van der Waals surface area contributed by atoms with E-state index in [4.69, 9.17) is 4.74 Å². The van der Waals surface area contributed by atoms with Gasteiger partial charge in [-0.3, -0.25) is 0 Å². The van der Waals surface area contributed by atoms with Crippen molar-refractivity contribution >= 4 is 21.5 Å². The minimum Gasteiger partial charge on any atom is -0.387 e. The Morgan fingerprint density at radius 3 is 2.68 bits per heavy atom. The normalized spacial score (nSPS) is 29.4. The van der Waals surface area contributed by atoms with Gasteiger partial charge in [0.25, 0.3) is 0 Å². The van der Waals surface area contributed by atoms with Crippen LogP contribution in [0.1, 0.15) is 28.9 Å². The monoisotopic (exact) mass is 292 g/mol. The minimum absolute atomic E-state index is 0.0861. The lowest BCUT2D eigenvalue weighted by atomic mass is 9.82. The predicted octanol–water partition coefficient (Wildman–Crippen LogP) is 3.15. The predicted molar refractivity (Wildman–Crippen MR) is 84.8 cm³/mol. The van der Waals surface area contributed by atoms with Crippen molar-refractivity contribution in [2.45, 2.75) is 31.3 Å². The van der Waals surface area contributed by atoms with Gasteiger partial charge >= 0.3 is 0 Å². The van der Waals surface area contributed by atoms with Crippen LogP contribution in [-0.4, -0.2) is 22.4 Å². The van der Waals surface area contributed by atoms with E-state index in [1.54, 1.807) is 0 Å². The molecule has 4 unspecified atom stereocenters. The lowest BCUT2D eigenvalue weighted by Crippen LogP contribution is -2.29. The maximum absolute atomic E-state index is 10.4. The summed E-state index contributed by atoms with van der Waals surface area (Å²) in [6.07, 6.45) is -2.04. The van der Waals surface area contributed by atoms with Crippen LogP contribution in [0, 0.1) is 6.92 Å². The summed E-state index contributed by atoms with van der Waals surface area (Å²) < 4.78 is 5.65. The van der Waals surface area contributed by atoms with Crippen molar-refractivity contribution in [2.24, 2.45) is 0 Å². The summed E-state index contributed by atoms with van der Waals surface area (Å²) in [4.78, 5) is 0. The number of fused-ring (bicyclic) bond motifs is 7. The number of aliphatic hydroxyl groups excluding tert-OH is 2. The number of hydrogen-bond donors (Lipinski definition) is 2. The molecule has 1 aliphatic carbocycles. The highest BCUT2D eigenvalue weighted by atomic mass is 16.6. The molecule has 110 valence electrons. The lowest BCUT2D eigenvalue weighted by Gasteiger charge is -2.25. The number of aryl methyl sites for hydroxylation is 1. The molecule has 4 atom stereocenters. The number of aliphatic hydroxyl groups is 2. The summed E-state index contributed by atoms with van der Waals surface area (Å²) in [6.45, 7) is 2.10. The molecule has 0 radical (unpaired) electrons. The third-order valence-corrected chi connectivity index (χ3v) is 5.09. The Balaban J connectivity index is 1.94. The van der Waals surface area contributed by atoms with E-state index in [1.165, 1.54) is 21.7 Å². The van der Waals surface area contributed by atoms with Crippen molar-refractivity contribution in [2.75, 3.05) is 0 Å². The lowest BCUT2D eigenvalue weighted by molar-refractivity contribution is 0.000104. The Labute approximate surface area is 127 Å². The van der Waals surface area contributed by atoms with Gasteiger partial charge in [0.1, 0.15) is 24.4 Å². The van der Waals surface area contributed by atoms with Gasteiger partial charge in [0.15, 0.2) is 0 Å². The average molecular weight is 292 g/mol. The smallest absolute Gasteiger partial charge is 0.118 e. The van der Waals surface area contributed by atoms with E-state index in [9.17, 15) is 10.2 Å². The summed E-state index contributed by atoms with van der Waals surface area (Å²) >= 11 is 0. The molecule has 1 fully saturated rings. The zero-order chi connectivity index (χ0) is 15.0. The van der Waals surface area contributed by atoms with Crippen LogP contribution in [0.15, 0.2) is 42.5 Å². The molecule has 0 bridgehead atoms. The van der Waals surface area contributed by atoms with Gasteiger partial charge in [-0.15, -0.1) is 0 Å². The summed E-state index contributed by atoms with van der Waals surface area (Å²) in [5, 5.41) is 25.2. The Hall–Kier alpha value is -1.94. The largest absolute Gasteiger partial charge is 0.387 e. The molecular weight excluding hydrogens is 276 g/mol. The van der Waals surface area contributed by atoms with Crippen LogP contribution < -0.4 is 0 Å². The van der Waals surface area contributed by atoms with Gasteiger partial charge in [0.2, 0.25) is 0 Å². The van der Waals surface area contributed by atoms with Crippen LogP contribution in [0.5, 0.6) is 0 Å². The maximum atomic E-state index is 10.4. The van der Waals surface area contributed by atoms with Crippen molar-refractivity contribution in [3.05, 3.63) is 59.2 Å². The van der Waals surface area contributed by atoms with Crippen LogP contribution in [0.3, 0.4) is 0 Å². The number of benzene rings is 3. The van der Waals surface area contributed by atoms with E-state index in [0.717, 1.165) is 16.5 Å². The highest BCUT2D eigenvalue weighted by molar-refractivity contribution is 6.10. The van der Waals surface area contributed by atoms with E-state index >= 15 is 0 Å². The molecule has 3 nitrogen and oxygen atoms in total. The zero-order valence-electron chi connectivity index (χ0n) is 12.2. The van der Waals surface area contributed by atoms with Crippen molar-refractivity contribution in [1.29, 1.82) is 0 Å². The second kappa shape index (κ2) is 4.07. The molecule has 5 rings (SSSR count). The quantitative estimate of drug-likeness (QED) is 0.494. The molecule has 0 amide bonds. The van der Waals surface area contributed by atoms with Gasteiger partial charge in [-0.25, -0.2) is 0 Å². The molecular formula is C19H16O3. The summed E-state index contributed by atoms with van der Waals surface area (Å²) in [5.74, 6) is 0. The average Bonchev–Trinajstić information content (AvgIpc) is 3.32. The van der Waals surface area contributed by atoms with E-state index in [1.807, 2.05) is 18.2 Å². The Morgan fingerprint density at radius 1 is 1.00 bits per heavy atom. The van der Waals surface area contributed by atoms with Gasteiger partial charge in [0, 0.05) is 0 Å². The first-order valence-corrected chi connectivity index (χ1v) is 7.63. The minimum atomic E-state index is -0.867. The number of epoxide rings is 1. The van der Waals surface area contributed by atoms with Crippen LogP contribution in [0.4, 0.5) is 0 Å². The number of ether oxygens (including phenoxy) is 1. The molecule has 0 aromatic heterocycles. The first-order valence-electron chi connectivity index (χ1n) is 7.63. The first kappa shape index (κ1) is 12.6. The van der Waals surface area contributed by atoms with E-state index in [2.05, 4.69) is 31.2 Å². The van der Waals surface area contributed by atoms with E-state index in [-0.39, 0.29) is 12.2 Å². The molecule has 1 aliphatic heterocycles. The van der Waals surface area contributed by atoms with Gasteiger partial charge < -0.3 is 14.9 Å². The van der Waals surface area contributed by atoms with Crippen molar-refractivity contribution in [3.63, 3.8) is 0 Å². The summed E-state index contributed by atoms with van der Waals surface area (Å²) in [6, 6.07) is 14.5. The topological polar surface area (TPSA) is 53.0 Å². The number of hydrogen-bond acceptors (Lipinski definition) is 3. The van der Waals surface area contributed by atoms with E-state index < -0.39 is 12.2 Å². The highest BCUT2D eigenvalue weighted by Crippen LogP contribution is 2.53. The van der Waals surface area contributed by atoms with Gasteiger partial charge in [-0.2, -0.15) is 0 Å². The van der Waals surface area contributed by atoms with Crippen molar-refractivity contribution in [3.8, 4) is 0 Å². The van der Waals surface area contributed by atoms with E-state index in [0.29, 0.717) is 0 Å². The molecule has 3 heteroatoms. The molecule has 1 heterocycles. The third-order valence-electron chi connectivity index (χ3n) is 5.09. The fraction of sp³-hybridized carbons (Fsp3) is 0.263. The second-order valence-corrected chi connectivity index (χ2v) is 6.36. The fourth-order valence-electron chi connectivity index (χ4n) is 4.00. The molecule has 3 aromatic rings. The Kier molecular flexibility index (Phi) is 2.33.